The van der Waals surface area contributed by atoms with Gasteiger partial charge in [-0.2, -0.15) is 5.10 Å². The number of nitrogens with zero attached hydrogens (tertiary/aromatic N) is 1. The third-order valence-corrected chi connectivity index (χ3v) is 3.12. The van der Waals surface area contributed by atoms with Crippen LogP contribution in [0, 0.1) is 0 Å². The van der Waals surface area contributed by atoms with E-state index in [-0.39, 0.29) is 5.54 Å². The molecule has 0 amide bonds. The molecule has 2 aliphatic rings. The Hall–Kier alpha value is -1.51. The molecule has 0 fully saturated rings. The Labute approximate surface area is 83.2 Å². The first-order valence-corrected chi connectivity index (χ1v) is 5.03. The smallest absolute Gasteiger partial charge is 0.0883 e. The van der Waals surface area contributed by atoms with Crippen LogP contribution in [-0.4, -0.2) is 12.8 Å². The molecule has 1 aromatic carbocycles. The van der Waals surface area contributed by atoms with Crippen LogP contribution in [0.25, 0.3) is 0 Å². The third kappa shape index (κ3) is 0.953. The highest BCUT2D eigenvalue weighted by Gasteiger charge is 2.37. The molecular weight excluding hydrogens is 174 g/mol. The molecule has 3 rings (SSSR count). The molecular formula is C11H13N3. The maximum Gasteiger partial charge on any atom is 0.0883 e. The highest BCUT2D eigenvalue weighted by Crippen LogP contribution is 2.38. The topological polar surface area (TPSA) is 36.4 Å². The molecule has 1 spiro atoms. The van der Waals surface area contributed by atoms with Crippen LogP contribution < -0.4 is 10.7 Å². The van der Waals surface area contributed by atoms with Crippen LogP contribution in [0.1, 0.15) is 18.4 Å². The Morgan fingerprint density at radius 3 is 3.07 bits per heavy atom. The standard InChI is InChI=1S/C11H13N3/c1-2-4-10-9(3-1)11(5-7-12-10)6-8-13-14-11/h1-4,8,12,14H,5-7H2. The van der Waals surface area contributed by atoms with E-state index in [1.165, 1.54) is 11.3 Å². The Bertz CT molecular complexity index is 376. The number of hydrogen-bond acceptors (Lipinski definition) is 3. The van der Waals surface area contributed by atoms with Crippen LogP contribution in [0.2, 0.25) is 0 Å². The van der Waals surface area contributed by atoms with E-state index in [0.29, 0.717) is 0 Å². The predicted molar refractivity (Wildman–Crippen MR) is 57.5 cm³/mol. The lowest BCUT2D eigenvalue weighted by Crippen LogP contribution is -2.41. The third-order valence-electron chi connectivity index (χ3n) is 3.12. The van der Waals surface area contributed by atoms with E-state index >= 15 is 0 Å². The number of benzene rings is 1. The fraction of sp³-hybridized carbons (Fsp3) is 0.364. The summed E-state index contributed by atoms with van der Waals surface area (Å²) in [6, 6.07) is 8.48. The average Bonchev–Trinajstić information content (AvgIpc) is 2.68. The normalized spacial score (nSPS) is 28.3. The van der Waals surface area contributed by atoms with Crippen LogP contribution in [0.3, 0.4) is 0 Å². The molecule has 14 heavy (non-hydrogen) atoms. The van der Waals surface area contributed by atoms with Gasteiger partial charge in [-0.3, -0.25) is 5.43 Å². The van der Waals surface area contributed by atoms with Gasteiger partial charge in [0.1, 0.15) is 0 Å². The second-order valence-corrected chi connectivity index (χ2v) is 3.93. The van der Waals surface area contributed by atoms with E-state index in [1.54, 1.807) is 0 Å². The minimum absolute atomic E-state index is 0.0713. The molecule has 2 heterocycles. The Morgan fingerprint density at radius 2 is 2.21 bits per heavy atom. The van der Waals surface area contributed by atoms with Crippen molar-refractivity contribution in [2.24, 2.45) is 5.10 Å². The summed E-state index contributed by atoms with van der Waals surface area (Å²) in [4.78, 5) is 0. The number of hydrogen-bond donors (Lipinski definition) is 2. The highest BCUT2D eigenvalue weighted by molar-refractivity contribution is 5.66. The molecule has 0 aliphatic carbocycles. The molecule has 0 bridgehead atoms. The summed E-state index contributed by atoms with van der Waals surface area (Å²) >= 11 is 0. The van der Waals surface area contributed by atoms with Gasteiger partial charge in [0.15, 0.2) is 0 Å². The molecule has 1 unspecified atom stereocenters. The second kappa shape index (κ2) is 2.74. The Morgan fingerprint density at radius 1 is 1.29 bits per heavy atom. The maximum atomic E-state index is 4.16. The van der Waals surface area contributed by atoms with Crippen molar-refractivity contribution < 1.29 is 0 Å². The number of hydrazone groups is 1. The van der Waals surface area contributed by atoms with E-state index in [1.807, 2.05) is 6.21 Å². The van der Waals surface area contributed by atoms with Gasteiger partial charge in [0.2, 0.25) is 0 Å². The minimum Gasteiger partial charge on any atom is -0.385 e. The molecule has 2 aliphatic heterocycles. The number of rotatable bonds is 0. The summed E-state index contributed by atoms with van der Waals surface area (Å²) in [6.07, 6.45) is 4.08. The van der Waals surface area contributed by atoms with E-state index in [2.05, 4.69) is 40.1 Å². The van der Waals surface area contributed by atoms with E-state index in [4.69, 9.17) is 0 Å². The van der Waals surface area contributed by atoms with Gasteiger partial charge in [-0.15, -0.1) is 0 Å². The van der Waals surface area contributed by atoms with Gasteiger partial charge in [0.05, 0.1) is 5.54 Å². The van der Waals surface area contributed by atoms with Crippen molar-refractivity contribution in [1.29, 1.82) is 0 Å². The van der Waals surface area contributed by atoms with Crippen molar-refractivity contribution in [3.05, 3.63) is 29.8 Å². The van der Waals surface area contributed by atoms with Crippen LogP contribution in [0.4, 0.5) is 5.69 Å². The zero-order valence-electron chi connectivity index (χ0n) is 7.96. The van der Waals surface area contributed by atoms with Crippen LogP contribution in [0.5, 0.6) is 0 Å². The van der Waals surface area contributed by atoms with Crippen LogP contribution in [-0.2, 0) is 5.54 Å². The molecule has 3 heteroatoms. The average molecular weight is 187 g/mol. The monoisotopic (exact) mass is 187 g/mol. The first kappa shape index (κ1) is 7.85. The second-order valence-electron chi connectivity index (χ2n) is 3.93. The SMILES string of the molecule is C1=NNC2(C1)CCNc1ccccc12. The zero-order valence-corrected chi connectivity index (χ0v) is 7.96. The zero-order chi connectivity index (χ0) is 9.43. The van der Waals surface area contributed by atoms with Crippen LogP contribution in [0.15, 0.2) is 29.4 Å². The molecule has 0 aromatic heterocycles. The van der Waals surface area contributed by atoms with Crippen molar-refractivity contribution in [1.82, 2.24) is 5.43 Å². The quantitative estimate of drug-likeness (QED) is 0.648. The molecule has 0 saturated carbocycles. The molecule has 1 aromatic rings. The summed E-state index contributed by atoms with van der Waals surface area (Å²) in [5, 5.41) is 7.57. The Kier molecular flexibility index (Phi) is 1.54. The summed E-state index contributed by atoms with van der Waals surface area (Å²) in [5.74, 6) is 0. The van der Waals surface area contributed by atoms with Crippen molar-refractivity contribution in [3.63, 3.8) is 0 Å². The fourth-order valence-corrected chi connectivity index (χ4v) is 2.34. The molecule has 3 nitrogen and oxygen atoms in total. The minimum atomic E-state index is 0.0713. The maximum absolute atomic E-state index is 4.16. The number of nitrogens with one attached hydrogen (secondary N) is 2. The van der Waals surface area contributed by atoms with Crippen LogP contribution >= 0.6 is 0 Å². The molecule has 72 valence electrons. The molecule has 0 saturated heterocycles. The van der Waals surface area contributed by atoms with Gasteiger partial charge in [0.25, 0.3) is 0 Å². The van der Waals surface area contributed by atoms with Crippen molar-refractivity contribution in [3.8, 4) is 0 Å². The molecule has 2 N–H and O–H groups in total. The van der Waals surface area contributed by atoms with Gasteiger partial charge >= 0.3 is 0 Å². The van der Waals surface area contributed by atoms with E-state index < -0.39 is 0 Å². The van der Waals surface area contributed by atoms with E-state index in [9.17, 15) is 0 Å². The largest absolute Gasteiger partial charge is 0.385 e. The van der Waals surface area contributed by atoms with Gasteiger partial charge in [-0.25, -0.2) is 0 Å². The highest BCUT2D eigenvalue weighted by atomic mass is 15.4. The predicted octanol–water partition coefficient (Wildman–Crippen LogP) is 1.68. The summed E-state index contributed by atoms with van der Waals surface area (Å²) in [5.41, 5.74) is 5.93. The molecule has 0 radical (unpaired) electrons. The fourth-order valence-electron chi connectivity index (χ4n) is 2.34. The Balaban J connectivity index is 2.11. The summed E-state index contributed by atoms with van der Waals surface area (Å²) < 4.78 is 0. The van der Waals surface area contributed by atoms with Gasteiger partial charge in [-0.05, 0) is 12.5 Å². The number of para-hydroxylation sites is 1. The first-order chi connectivity index (χ1) is 6.91. The number of anilines is 1. The van der Waals surface area contributed by atoms with Crippen molar-refractivity contribution >= 4 is 11.9 Å². The van der Waals surface area contributed by atoms with Gasteiger partial charge in [-0.1, -0.05) is 18.2 Å². The lowest BCUT2D eigenvalue weighted by molar-refractivity contribution is 0.353. The molecule has 1 atom stereocenters. The lowest BCUT2D eigenvalue weighted by Gasteiger charge is -2.35. The lowest BCUT2D eigenvalue weighted by atomic mass is 9.82. The van der Waals surface area contributed by atoms with E-state index in [0.717, 1.165) is 19.4 Å². The van der Waals surface area contributed by atoms with Gasteiger partial charge in [0, 0.05) is 30.4 Å². The van der Waals surface area contributed by atoms with Crippen molar-refractivity contribution in [2.75, 3.05) is 11.9 Å². The number of fused-ring (bicyclic) bond motifs is 2. The summed E-state index contributed by atoms with van der Waals surface area (Å²) in [6.45, 7) is 1.02. The van der Waals surface area contributed by atoms with Crippen molar-refractivity contribution in [2.45, 2.75) is 18.4 Å². The first-order valence-electron chi connectivity index (χ1n) is 5.03. The van der Waals surface area contributed by atoms with Gasteiger partial charge < -0.3 is 5.32 Å². The summed E-state index contributed by atoms with van der Waals surface area (Å²) in [7, 11) is 0.